The molecule has 11 heteroatoms. The lowest BCUT2D eigenvalue weighted by atomic mass is 10.2. The number of para-hydroxylation sites is 1. The number of benzene rings is 3. The van der Waals surface area contributed by atoms with Crippen molar-refractivity contribution < 1.29 is 28.2 Å². The van der Waals surface area contributed by atoms with Crippen LogP contribution in [0, 0.1) is 3.57 Å². The summed E-state index contributed by atoms with van der Waals surface area (Å²) in [5.74, 6) is 1.53. The van der Waals surface area contributed by atoms with E-state index in [4.69, 9.17) is 28.3 Å². The Kier molecular flexibility index (Phi) is 8.01. The molecule has 0 aliphatic heterocycles. The van der Waals surface area contributed by atoms with E-state index in [1.165, 1.54) is 18.0 Å². The van der Waals surface area contributed by atoms with E-state index in [0.717, 1.165) is 5.39 Å². The van der Waals surface area contributed by atoms with Gasteiger partial charge in [0, 0.05) is 0 Å². The molecule has 0 N–H and O–H groups in total. The fourth-order valence-corrected chi connectivity index (χ4v) is 4.91. The largest absolute Gasteiger partial charge is 0.496 e. The molecule has 0 saturated carbocycles. The van der Waals surface area contributed by atoms with Crippen molar-refractivity contribution in [2.75, 3.05) is 27.4 Å². The summed E-state index contributed by atoms with van der Waals surface area (Å²) in [6, 6.07) is 17.8. The first kappa shape index (κ1) is 27.2. The van der Waals surface area contributed by atoms with Crippen LogP contribution in [0.15, 0.2) is 75.0 Å². The van der Waals surface area contributed by atoms with E-state index >= 15 is 0 Å². The molecule has 5 rings (SSSR count). The first-order chi connectivity index (χ1) is 19.4. The summed E-state index contributed by atoms with van der Waals surface area (Å²) in [6.45, 7) is 1.74. The first-order valence-corrected chi connectivity index (χ1v) is 13.3. The number of ether oxygens (including phenoxy) is 4. The number of fused-ring (bicyclic) bond motifs is 2. The average molecular weight is 653 g/mol. The molecule has 0 aliphatic carbocycles. The third kappa shape index (κ3) is 5.37. The van der Waals surface area contributed by atoms with Crippen LogP contribution in [0.4, 0.5) is 0 Å². The molecule has 0 atom stereocenters. The van der Waals surface area contributed by atoms with E-state index in [9.17, 15) is 9.59 Å². The number of aromatic nitrogens is 2. The normalized spacial score (nSPS) is 11.3. The van der Waals surface area contributed by atoms with Crippen LogP contribution in [-0.2, 0) is 9.53 Å². The van der Waals surface area contributed by atoms with Gasteiger partial charge in [-0.2, -0.15) is 9.78 Å². The molecule has 3 aromatic carbocycles. The number of nitrogens with zero attached hydrogens (tertiary/aromatic N) is 3. The lowest BCUT2D eigenvalue weighted by Gasteiger charge is -2.13. The van der Waals surface area contributed by atoms with Crippen molar-refractivity contribution in [2.24, 2.45) is 5.10 Å². The second kappa shape index (κ2) is 11.8. The molecule has 0 aliphatic rings. The van der Waals surface area contributed by atoms with Gasteiger partial charge < -0.3 is 23.4 Å². The number of hydrogen-bond acceptors (Lipinski definition) is 9. The van der Waals surface area contributed by atoms with Crippen molar-refractivity contribution in [1.82, 2.24) is 9.66 Å². The van der Waals surface area contributed by atoms with Crippen LogP contribution in [0.2, 0.25) is 0 Å². The van der Waals surface area contributed by atoms with Gasteiger partial charge >= 0.3 is 5.97 Å². The lowest BCUT2D eigenvalue weighted by molar-refractivity contribution is -0.145. The van der Waals surface area contributed by atoms with Gasteiger partial charge in [0.25, 0.3) is 5.56 Å². The van der Waals surface area contributed by atoms with E-state index < -0.39 is 5.97 Å². The molecule has 0 saturated heterocycles. The van der Waals surface area contributed by atoms with Crippen molar-refractivity contribution in [3.05, 3.63) is 80.2 Å². The van der Waals surface area contributed by atoms with E-state index in [1.807, 2.05) is 24.3 Å². The Morgan fingerprint density at radius 3 is 2.62 bits per heavy atom. The van der Waals surface area contributed by atoms with Crippen LogP contribution in [0.25, 0.3) is 33.5 Å². The van der Waals surface area contributed by atoms with E-state index in [2.05, 4.69) is 27.7 Å². The highest BCUT2D eigenvalue weighted by Crippen LogP contribution is 2.34. The molecule has 0 radical (unpaired) electrons. The van der Waals surface area contributed by atoms with Crippen molar-refractivity contribution in [1.29, 1.82) is 0 Å². The monoisotopic (exact) mass is 653 g/mol. The van der Waals surface area contributed by atoms with Gasteiger partial charge in [-0.25, -0.2) is 9.78 Å². The molecule has 2 heterocycles. The summed E-state index contributed by atoms with van der Waals surface area (Å²) in [5.41, 5.74) is 1.37. The Bertz CT molecular complexity index is 1810. The number of carbonyl (C=O) groups excluding carboxylic acids is 1. The summed E-state index contributed by atoms with van der Waals surface area (Å²) in [5, 5.41) is 5.67. The van der Waals surface area contributed by atoms with Gasteiger partial charge in [0.05, 0.1) is 46.9 Å². The smallest absolute Gasteiger partial charge is 0.344 e. The zero-order chi connectivity index (χ0) is 28.2. The second-order valence-electron chi connectivity index (χ2n) is 8.42. The molecule has 0 fully saturated rings. The number of furan rings is 1. The van der Waals surface area contributed by atoms with Crippen LogP contribution in [0.1, 0.15) is 12.5 Å². The van der Waals surface area contributed by atoms with Gasteiger partial charge in [-0.05, 0) is 77.5 Å². The number of rotatable bonds is 9. The summed E-state index contributed by atoms with van der Waals surface area (Å²) in [7, 11) is 3.08. The summed E-state index contributed by atoms with van der Waals surface area (Å²) in [6.07, 6.45) is 1.52. The zero-order valence-electron chi connectivity index (χ0n) is 21.8. The van der Waals surface area contributed by atoms with Gasteiger partial charge in [-0.15, -0.1) is 0 Å². The van der Waals surface area contributed by atoms with Gasteiger partial charge in [0.2, 0.25) is 5.82 Å². The van der Waals surface area contributed by atoms with Gasteiger partial charge in [0.1, 0.15) is 11.3 Å². The number of carbonyl (C=O) groups is 1. The van der Waals surface area contributed by atoms with Crippen LogP contribution in [0.5, 0.6) is 17.2 Å². The summed E-state index contributed by atoms with van der Waals surface area (Å²) < 4.78 is 29.5. The molecule has 204 valence electrons. The molecule has 0 unspecified atom stereocenters. The van der Waals surface area contributed by atoms with Crippen molar-refractivity contribution in [3.8, 4) is 28.8 Å². The van der Waals surface area contributed by atoms with Gasteiger partial charge in [0.15, 0.2) is 23.9 Å². The molecule has 5 aromatic rings. The molecule has 40 heavy (non-hydrogen) atoms. The maximum Gasteiger partial charge on any atom is 0.344 e. The van der Waals surface area contributed by atoms with Crippen LogP contribution >= 0.6 is 22.6 Å². The number of esters is 1. The quantitative estimate of drug-likeness (QED) is 0.120. The molecule has 10 nitrogen and oxygen atoms in total. The number of halogens is 1. The Labute approximate surface area is 242 Å². The highest BCUT2D eigenvalue weighted by atomic mass is 127. The SMILES string of the molecule is CCOC(=O)COc1c(I)cc(C=Nn2c(-c3cc4c(OC)cccc4o3)nc3ccccc3c2=O)cc1OC. The van der Waals surface area contributed by atoms with Gasteiger partial charge in [-0.3, -0.25) is 4.79 Å². The maximum atomic E-state index is 13.6. The fourth-order valence-electron chi connectivity index (χ4n) is 4.13. The first-order valence-electron chi connectivity index (χ1n) is 12.2. The molecule has 0 spiro atoms. The van der Waals surface area contributed by atoms with Gasteiger partial charge in [-0.1, -0.05) is 18.2 Å². The number of methoxy groups -OCH3 is 2. The third-order valence-electron chi connectivity index (χ3n) is 5.93. The topological polar surface area (TPSA) is 114 Å². The van der Waals surface area contributed by atoms with Crippen molar-refractivity contribution in [2.45, 2.75) is 6.92 Å². The summed E-state index contributed by atoms with van der Waals surface area (Å²) >= 11 is 2.08. The van der Waals surface area contributed by atoms with Crippen LogP contribution in [0.3, 0.4) is 0 Å². The minimum atomic E-state index is -0.482. The minimum absolute atomic E-state index is 0.231. The third-order valence-corrected chi connectivity index (χ3v) is 6.73. The van der Waals surface area contributed by atoms with Crippen LogP contribution in [-0.4, -0.2) is 49.3 Å². The van der Waals surface area contributed by atoms with E-state index in [-0.39, 0.29) is 24.6 Å². The zero-order valence-corrected chi connectivity index (χ0v) is 24.0. The molecular weight excluding hydrogens is 629 g/mol. The van der Waals surface area contributed by atoms with E-state index in [1.54, 1.807) is 50.4 Å². The van der Waals surface area contributed by atoms with Crippen LogP contribution < -0.4 is 19.8 Å². The Hall–Kier alpha value is -4.39. The lowest BCUT2D eigenvalue weighted by Crippen LogP contribution is -2.20. The second-order valence-corrected chi connectivity index (χ2v) is 9.59. The Morgan fingerprint density at radius 1 is 1.05 bits per heavy atom. The maximum absolute atomic E-state index is 13.6. The predicted octanol–water partition coefficient (Wildman–Crippen LogP) is 5.26. The van der Waals surface area contributed by atoms with E-state index in [0.29, 0.717) is 48.6 Å². The molecule has 0 bridgehead atoms. The summed E-state index contributed by atoms with van der Waals surface area (Å²) in [4.78, 5) is 30.1. The number of hydrogen-bond donors (Lipinski definition) is 0. The standard InChI is InChI=1S/C29H24IN3O7/c1-4-38-26(34)16-39-27-20(30)12-17(13-24(27)37-3)15-31-33-28(32-21-9-6-5-8-18(21)29(33)35)25-14-19-22(36-2)10-7-11-23(19)40-25/h5-15H,4,16H2,1-3H3. The van der Waals surface area contributed by atoms with Crippen molar-refractivity contribution >= 4 is 56.6 Å². The average Bonchev–Trinajstić information content (AvgIpc) is 3.40. The molecule has 0 amide bonds. The Balaban J connectivity index is 1.59. The fraction of sp³-hybridized carbons (Fsp3) is 0.172. The highest BCUT2D eigenvalue weighted by molar-refractivity contribution is 14.1. The predicted molar refractivity (Wildman–Crippen MR) is 159 cm³/mol. The minimum Gasteiger partial charge on any atom is -0.496 e. The molecular formula is C29H24IN3O7. The highest BCUT2D eigenvalue weighted by Gasteiger charge is 2.18. The molecule has 2 aromatic heterocycles. The Morgan fingerprint density at radius 2 is 1.85 bits per heavy atom. The van der Waals surface area contributed by atoms with Crippen molar-refractivity contribution in [3.63, 3.8) is 0 Å².